The van der Waals surface area contributed by atoms with Crippen LogP contribution in [-0.4, -0.2) is 36.2 Å². The molecule has 1 rings (SSSR count). The monoisotopic (exact) mass is 229 g/mol. The van der Waals surface area contributed by atoms with Crippen LogP contribution in [0, 0.1) is 5.41 Å². The molecule has 1 aliphatic rings. The van der Waals surface area contributed by atoms with E-state index < -0.39 is 17.0 Å². The van der Waals surface area contributed by atoms with Crippen LogP contribution in [-0.2, 0) is 14.3 Å². The van der Waals surface area contributed by atoms with Crippen LogP contribution in [0.4, 0.5) is 0 Å². The number of carbonyl (C=O) groups is 2. The van der Waals surface area contributed by atoms with Crippen molar-refractivity contribution < 1.29 is 19.4 Å². The van der Waals surface area contributed by atoms with Crippen molar-refractivity contribution in [3.05, 3.63) is 0 Å². The molecular formula is C11H19NO4. The molecule has 0 spiro atoms. The van der Waals surface area contributed by atoms with Gasteiger partial charge in [-0.15, -0.1) is 0 Å². The number of ether oxygens (including phenoxy) is 1. The van der Waals surface area contributed by atoms with Gasteiger partial charge in [-0.2, -0.15) is 0 Å². The quantitative estimate of drug-likeness (QED) is 0.730. The molecule has 2 N–H and O–H groups in total. The first-order valence-electron chi connectivity index (χ1n) is 5.41. The summed E-state index contributed by atoms with van der Waals surface area (Å²) in [5.41, 5.74) is -1.66. The molecule has 0 radical (unpaired) electrons. The first kappa shape index (κ1) is 13.0. The van der Waals surface area contributed by atoms with Gasteiger partial charge in [-0.3, -0.25) is 9.59 Å². The molecule has 0 aromatic carbocycles. The maximum atomic E-state index is 11.7. The Hall–Kier alpha value is -1.10. The number of methoxy groups -OCH3 is 1. The lowest BCUT2D eigenvalue weighted by atomic mass is 9.68. The third-order valence-corrected chi connectivity index (χ3v) is 3.41. The van der Waals surface area contributed by atoms with Gasteiger partial charge >= 0.3 is 5.97 Å². The molecule has 0 aromatic heterocycles. The Bertz CT molecular complexity index is 294. The molecule has 0 aromatic rings. The third-order valence-electron chi connectivity index (χ3n) is 3.41. The van der Waals surface area contributed by atoms with E-state index in [9.17, 15) is 9.59 Å². The number of carbonyl (C=O) groups excluding carboxylic acids is 1. The molecule has 0 saturated heterocycles. The Balaban J connectivity index is 2.51. The molecule has 92 valence electrons. The molecule has 5 nitrogen and oxygen atoms in total. The SMILES string of the molecule is COC(C)(C)C(=O)NCC1(C(=O)O)CCC1. The number of carboxylic acid groups (broad SMARTS) is 1. The number of hydrogen-bond acceptors (Lipinski definition) is 3. The summed E-state index contributed by atoms with van der Waals surface area (Å²) in [5.74, 6) is -1.10. The van der Waals surface area contributed by atoms with E-state index in [4.69, 9.17) is 9.84 Å². The smallest absolute Gasteiger partial charge is 0.311 e. The highest BCUT2D eigenvalue weighted by molar-refractivity contribution is 5.85. The molecule has 1 amide bonds. The van der Waals surface area contributed by atoms with Gasteiger partial charge in [0, 0.05) is 13.7 Å². The first-order chi connectivity index (χ1) is 7.34. The summed E-state index contributed by atoms with van der Waals surface area (Å²) in [6.45, 7) is 3.49. The van der Waals surface area contributed by atoms with E-state index in [0.29, 0.717) is 12.8 Å². The predicted molar refractivity (Wildman–Crippen MR) is 58.0 cm³/mol. The second-order valence-corrected chi connectivity index (χ2v) is 4.84. The Labute approximate surface area is 95.2 Å². The molecule has 1 saturated carbocycles. The van der Waals surface area contributed by atoms with Crippen LogP contribution < -0.4 is 5.32 Å². The van der Waals surface area contributed by atoms with Crippen molar-refractivity contribution in [3.8, 4) is 0 Å². The Morgan fingerprint density at radius 3 is 2.31 bits per heavy atom. The average molecular weight is 229 g/mol. The summed E-state index contributed by atoms with van der Waals surface area (Å²) in [5, 5.41) is 11.7. The fourth-order valence-corrected chi connectivity index (χ4v) is 1.62. The molecule has 0 atom stereocenters. The van der Waals surface area contributed by atoms with Crippen molar-refractivity contribution in [3.63, 3.8) is 0 Å². The van der Waals surface area contributed by atoms with Gasteiger partial charge in [0.25, 0.3) is 5.91 Å². The van der Waals surface area contributed by atoms with Crippen molar-refractivity contribution in [2.45, 2.75) is 38.7 Å². The fraction of sp³-hybridized carbons (Fsp3) is 0.818. The zero-order valence-corrected chi connectivity index (χ0v) is 10.0. The van der Waals surface area contributed by atoms with Gasteiger partial charge in [0.15, 0.2) is 0 Å². The lowest BCUT2D eigenvalue weighted by Crippen LogP contribution is -2.52. The summed E-state index contributed by atoms with van der Waals surface area (Å²) in [4.78, 5) is 22.7. The largest absolute Gasteiger partial charge is 0.481 e. The lowest BCUT2D eigenvalue weighted by molar-refractivity contribution is -0.155. The van der Waals surface area contributed by atoms with E-state index >= 15 is 0 Å². The van der Waals surface area contributed by atoms with E-state index in [1.54, 1.807) is 13.8 Å². The van der Waals surface area contributed by atoms with Gasteiger partial charge in [-0.1, -0.05) is 6.42 Å². The van der Waals surface area contributed by atoms with Crippen LogP contribution in [0.3, 0.4) is 0 Å². The fourth-order valence-electron chi connectivity index (χ4n) is 1.62. The molecular weight excluding hydrogens is 210 g/mol. The molecule has 16 heavy (non-hydrogen) atoms. The number of hydrogen-bond donors (Lipinski definition) is 2. The van der Waals surface area contributed by atoms with Crippen LogP contribution in [0.2, 0.25) is 0 Å². The highest BCUT2D eigenvalue weighted by Gasteiger charge is 2.45. The number of carboxylic acids is 1. The van der Waals surface area contributed by atoms with Crippen molar-refractivity contribution in [2.75, 3.05) is 13.7 Å². The van der Waals surface area contributed by atoms with E-state index in [1.807, 2.05) is 0 Å². The lowest BCUT2D eigenvalue weighted by Gasteiger charge is -2.38. The maximum absolute atomic E-state index is 11.7. The molecule has 1 fully saturated rings. The van der Waals surface area contributed by atoms with Gasteiger partial charge in [0.1, 0.15) is 5.60 Å². The van der Waals surface area contributed by atoms with E-state index in [-0.39, 0.29) is 12.5 Å². The number of rotatable bonds is 5. The minimum absolute atomic E-state index is 0.188. The normalized spacial score (nSPS) is 18.7. The zero-order chi connectivity index (χ0) is 12.4. The van der Waals surface area contributed by atoms with Gasteiger partial charge < -0.3 is 15.2 Å². The minimum Gasteiger partial charge on any atom is -0.481 e. The van der Waals surface area contributed by atoms with Gasteiger partial charge in [-0.05, 0) is 26.7 Å². The number of amides is 1. The van der Waals surface area contributed by atoms with E-state index in [2.05, 4.69) is 5.32 Å². The van der Waals surface area contributed by atoms with Gasteiger partial charge in [0.05, 0.1) is 5.41 Å². The summed E-state index contributed by atoms with van der Waals surface area (Å²) in [7, 11) is 1.45. The average Bonchev–Trinajstić information content (AvgIpc) is 2.15. The molecule has 5 heteroatoms. The summed E-state index contributed by atoms with van der Waals surface area (Å²) in [6.07, 6.45) is 2.18. The Kier molecular flexibility index (Phi) is 3.57. The summed E-state index contributed by atoms with van der Waals surface area (Å²) >= 11 is 0. The highest BCUT2D eigenvalue weighted by Crippen LogP contribution is 2.40. The zero-order valence-electron chi connectivity index (χ0n) is 10.0. The standard InChI is InChI=1S/C11H19NO4/c1-10(2,16-3)8(13)12-7-11(9(14)15)5-4-6-11/h4-7H2,1-3H3,(H,12,13)(H,14,15). The highest BCUT2D eigenvalue weighted by atomic mass is 16.5. The summed E-state index contributed by atoms with van der Waals surface area (Å²) < 4.78 is 5.02. The first-order valence-corrected chi connectivity index (χ1v) is 5.41. The molecule has 0 aliphatic heterocycles. The van der Waals surface area contributed by atoms with Crippen molar-refractivity contribution in [1.82, 2.24) is 5.32 Å². The van der Waals surface area contributed by atoms with Crippen molar-refractivity contribution in [1.29, 1.82) is 0 Å². The topological polar surface area (TPSA) is 75.6 Å². The van der Waals surface area contributed by atoms with Crippen molar-refractivity contribution >= 4 is 11.9 Å². The molecule has 0 heterocycles. The molecule has 1 aliphatic carbocycles. The Morgan fingerprint density at radius 1 is 1.44 bits per heavy atom. The predicted octanol–water partition coefficient (Wildman–Crippen LogP) is 0.782. The summed E-state index contributed by atoms with van der Waals surface area (Å²) in [6, 6.07) is 0. The molecule has 0 bridgehead atoms. The van der Waals surface area contributed by atoms with Crippen LogP contribution in [0.1, 0.15) is 33.1 Å². The van der Waals surface area contributed by atoms with E-state index in [0.717, 1.165) is 6.42 Å². The van der Waals surface area contributed by atoms with Crippen LogP contribution in [0.15, 0.2) is 0 Å². The van der Waals surface area contributed by atoms with Crippen LogP contribution in [0.5, 0.6) is 0 Å². The van der Waals surface area contributed by atoms with Gasteiger partial charge in [-0.25, -0.2) is 0 Å². The maximum Gasteiger partial charge on any atom is 0.311 e. The number of nitrogens with one attached hydrogen (secondary N) is 1. The second kappa shape index (κ2) is 4.41. The van der Waals surface area contributed by atoms with Crippen LogP contribution >= 0.6 is 0 Å². The van der Waals surface area contributed by atoms with Crippen molar-refractivity contribution in [2.24, 2.45) is 5.41 Å². The number of aliphatic carboxylic acids is 1. The third kappa shape index (κ3) is 2.35. The Morgan fingerprint density at radius 2 is 2.00 bits per heavy atom. The minimum atomic E-state index is -0.913. The van der Waals surface area contributed by atoms with E-state index in [1.165, 1.54) is 7.11 Å². The van der Waals surface area contributed by atoms with Gasteiger partial charge in [0.2, 0.25) is 0 Å². The second-order valence-electron chi connectivity index (χ2n) is 4.84. The van der Waals surface area contributed by atoms with Crippen LogP contribution in [0.25, 0.3) is 0 Å². The molecule has 0 unspecified atom stereocenters.